The average Bonchev–Trinajstić information content (AvgIpc) is 2.81. The number of hydrogen-bond acceptors (Lipinski definition) is 5. The van der Waals surface area contributed by atoms with Gasteiger partial charge in [0.25, 0.3) is 5.91 Å². The van der Waals surface area contributed by atoms with Crippen molar-refractivity contribution >= 4 is 5.91 Å². The molecule has 20 heavy (non-hydrogen) atoms. The summed E-state index contributed by atoms with van der Waals surface area (Å²) in [6.07, 6.45) is 3.33. The molecule has 106 valence electrons. The van der Waals surface area contributed by atoms with Crippen LogP contribution in [0.4, 0.5) is 0 Å². The lowest BCUT2D eigenvalue weighted by Gasteiger charge is -2.10. The maximum atomic E-state index is 12.3. The molecule has 0 unspecified atom stereocenters. The second-order valence-corrected chi connectivity index (χ2v) is 4.76. The molecular weight excluding hydrogens is 256 g/mol. The third-order valence-electron chi connectivity index (χ3n) is 2.87. The van der Waals surface area contributed by atoms with Crippen molar-refractivity contribution in [3.05, 3.63) is 35.9 Å². The number of aromatic nitrogens is 2. The Balaban J connectivity index is 2.19. The first-order valence-corrected chi connectivity index (χ1v) is 6.39. The molecule has 2 heterocycles. The van der Waals surface area contributed by atoms with E-state index in [9.17, 15) is 4.79 Å². The summed E-state index contributed by atoms with van der Waals surface area (Å²) >= 11 is 0. The fraction of sp³-hybridized carbons (Fsp3) is 0.357. The second kappa shape index (κ2) is 6.29. The van der Waals surface area contributed by atoms with Crippen LogP contribution in [0.3, 0.4) is 0 Å². The molecule has 0 bridgehead atoms. The van der Waals surface area contributed by atoms with E-state index in [1.54, 1.807) is 25.4 Å². The Bertz CT molecular complexity index is 578. The Morgan fingerprint density at radius 2 is 2.25 bits per heavy atom. The monoisotopic (exact) mass is 274 g/mol. The van der Waals surface area contributed by atoms with Gasteiger partial charge in [-0.05, 0) is 33.2 Å². The van der Waals surface area contributed by atoms with Crippen LogP contribution in [-0.4, -0.2) is 48.1 Å². The largest absolute Gasteiger partial charge is 0.360 e. The van der Waals surface area contributed by atoms with Gasteiger partial charge in [-0.2, -0.15) is 0 Å². The first kappa shape index (κ1) is 14.2. The zero-order chi connectivity index (χ0) is 14.5. The first-order valence-electron chi connectivity index (χ1n) is 6.39. The molecule has 2 aromatic rings. The van der Waals surface area contributed by atoms with Crippen molar-refractivity contribution in [2.75, 3.05) is 27.2 Å². The molecule has 1 amide bonds. The van der Waals surface area contributed by atoms with E-state index in [4.69, 9.17) is 4.52 Å². The van der Waals surface area contributed by atoms with Crippen LogP contribution in [0.5, 0.6) is 0 Å². The number of amides is 1. The van der Waals surface area contributed by atoms with Crippen LogP contribution < -0.4 is 5.32 Å². The lowest BCUT2D eigenvalue weighted by Crippen LogP contribution is -2.31. The molecule has 2 rings (SSSR count). The summed E-state index contributed by atoms with van der Waals surface area (Å²) < 4.78 is 5.15. The Hall–Kier alpha value is -2.21. The summed E-state index contributed by atoms with van der Waals surface area (Å²) in [5.41, 5.74) is 1.76. The first-order chi connectivity index (χ1) is 9.59. The minimum absolute atomic E-state index is 0.176. The highest BCUT2D eigenvalue weighted by Gasteiger charge is 2.21. The van der Waals surface area contributed by atoms with Crippen LogP contribution in [0.1, 0.15) is 16.1 Å². The van der Waals surface area contributed by atoms with Crippen molar-refractivity contribution in [3.8, 4) is 11.3 Å². The van der Waals surface area contributed by atoms with Gasteiger partial charge in [-0.25, -0.2) is 0 Å². The van der Waals surface area contributed by atoms with Gasteiger partial charge in [0, 0.05) is 31.0 Å². The van der Waals surface area contributed by atoms with Gasteiger partial charge >= 0.3 is 0 Å². The SMILES string of the molecule is Cc1onc(-c2cccnc2)c1C(=O)NCCN(C)C. The number of carbonyl (C=O) groups excluding carboxylic acids is 1. The maximum Gasteiger partial charge on any atom is 0.257 e. The lowest BCUT2D eigenvalue weighted by atomic mass is 10.1. The van der Waals surface area contributed by atoms with Gasteiger partial charge in [-0.3, -0.25) is 9.78 Å². The number of nitrogens with zero attached hydrogens (tertiary/aromatic N) is 3. The normalized spacial score (nSPS) is 10.8. The van der Waals surface area contributed by atoms with E-state index >= 15 is 0 Å². The highest BCUT2D eigenvalue weighted by atomic mass is 16.5. The lowest BCUT2D eigenvalue weighted by molar-refractivity contribution is 0.0950. The Morgan fingerprint density at radius 3 is 2.90 bits per heavy atom. The molecule has 0 aliphatic heterocycles. The summed E-state index contributed by atoms with van der Waals surface area (Å²) in [5, 5.41) is 6.83. The van der Waals surface area contributed by atoms with Gasteiger partial charge in [0.2, 0.25) is 0 Å². The van der Waals surface area contributed by atoms with Gasteiger partial charge in [0.15, 0.2) is 0 Å². The predicted octanol–water partition coefficient (Wildman–Crippen LogP) is 1.34. The molecular formula is C14H18N4O2. The minimum atomic E-state index is -0.176. The Morgan fingerprint density at radius 1 is 1.45 bits per heavy atom. The fourth-order valence-electron chi connectivity index (χ4n) is 1.82. The molecule has 0 aliphatic carbocycles. The van der Waals surface area contributed by atoms with Crippen molar-refractivity contribution < 1.29 is 9.32 Å². The zero-order valence-corrected chi connectivity index (χ0v) is 11.9. The topological polar surface area (TPSA) is 71.3 Å². The molecule has 1 N–H and O–H groups in total. The van der Waals surface area contributed by atoms with E-state index < -0.39 is 0 Å². The highest BCUT2D eigenvalue weighted by molar-refractivity contribution is 6.00. The van der Waals surface area contributed by atoms with Crippen molar-refractivity contribution in [2.24, 2.45) is 0 Å². The second-order valence-electron chi connectivity index (χ2n) is 4.76. The Kier molecular flexibility index (Phi) is 4.47. The molecule has 6 nitrogen and oxygen atoms in total. The van der Waals surface area contributed by atoms with E-state index in [-0.39, 0.29) is 5.91 Å². The van der Waals surface area contributed by atoms with Gasteiger partial charge < -0.3 is 14.7 Å². The van der Waals surface area contributed by atoms with Crippen LogP contribution in [0.2, 0.25) is 0 Å². The van der Waals surface area contributed by atoms with Gasteiger partial charge in [0.1, 0.15) is 17.0 Å². The van der Waals surface area contributed by atoms with Gasteiger partial charge in [-0.15, -0.1) is 0 Å². The summed E-state index contributed by atoms with van der Waals surface area (Å²) in [6, 6.07) is 3.65. The van der Waals surface area contributed by atoms with E-state index in [0.29, 0.717) is 23.6 Å². The number of hydrogen-bond donors (Lipinski definition) is 1. The minimum Gasteiger partial charge on any atom is -0.360 e. The van der Waals surface area contributed by atoms with Crippen LogP contribution in [-0.2, 0) is 0 Å². The quantitative estimate of drug-likeness (QED) is 0.890. The van der Waals surface area contributed by atoms with Gasteiger partial charge in [-0.1, -0.05) is 5.16 Å². The molecule has 0 aromatic carbocycles. The smallest absolute Gasteiger partial charge is 0.257 e. The van der Waals surface area contributed by atoms with Crippen LogP contribution in [0.25, 0.3) is 11.3 Å². The standard InChI is InChI=1S/C14H18N4O2/c1-10-12(14(19)16-7-8-18(2)3)13(17-20-10)11-5-4-6-15-9-11/h4-6,9H,7-8H2,1-3H3,(H,16,19). The van der Waals surface area contributed by atoms with Crippen LogP contribution in [0.15, 0.2) is 29.0 Å². The third-order valence-corrected chi connectivity index (χ3v) is 2.87. The number of nitrogens with one attached hydrogen (secondary N) is 1. The van der Waals surface area contributed by atoms with E-state index in [1.165, 1.54) is 0 Å². The predicted molar refractivity (Wildman–Crippen MR) is 75.4 cm³/mol. The van der Waals surface area contributed by atoms with Crippen molar-refractivity contribution in [3.63, 3.8) is 0 Å². The molecule has 0 fully saturated rings. The highest BCUT2D eigenvalue weighted by Crippen LogP contribution is 2.24. The number of pyridine rings is 1. The molecule has 6 heteroatoms. The van der Waals surface area contributed by atoms with E-state index in [1.807, 2.05) is 25.1 Å². The number of aryl methyl sites for hydroxylation is 1. The Labute approximate surface area is 117 Å². The zero-order valence-electron chi connectivity index (χ0n) is 11.9. The molecule has 0 saturated carbocycles. The van der Waals surface area contributed by atoms with Gasteiger partial charge in [0.05, 0.1) is 0 Å². The summed E-state index contributed by atoms with van der Waals surface area (Å²) in [7, 11) is 3.91. The molecule has 2 aromatic heterocycles. The molecule has 0 saturated heterocycles. The third kappa shape index (κ3) is 3.21. The summed E-state index contributed by atoms with van der Waals surface area (Å²) in [5.74, 6) is 0.329. The number of carbonyl (C=O) groups is 1. The number of likely N-dealkylation sites (N-methyl/N-ethyl adjacent to an activating group) is 1. The molecule has 0 spiro atoms. The summed E-state index contributed by atoms with van der Waals surface area (Å²) in [4.78, 5) is 18.3. The van der Waals surface area contributed by atoms with Crippen LogP contribution in [0, 0.1) is 6.92 Å². The van der Waals surface area contributed by atoms with Crippen molar-refractivity contribution in [2.45, 2.75) is 6.92 Å². The molecule has 0 radical (unpaired) electrons. The van der Waals surface area contributed by atoms with E-state index in [2.05, 4.69) is 15.5 Å². The molecule has 0 aliphatic rings. The number of rotatable bonds is 5. The maximum absolute atomic E-state index is 12.3. The van der Waals surface area contributed by atoms with Crippen molar-refractivity contribution in [1.82, 2.24) is 20.4 Å². The van der Waals surface area contributed by atoms with Crippen molar-refractivity contribution in [1.29, 1.82) is 0 Å². The molecule has 0 atom stereocenters. The van der Waals surface area contributed by atoms with Crippen LogP contribution >= 0.6 is 0 Å². The summed E-state index contributed by atoms with van der Waals surface area (Å²) in [6.45, 7) is 3.08. The van der Waals surface area contributed by atoms with E-state index in [0.717, 1.165) is 12.1 Å². The average molecular weight is 274 g/mol. The fourth-order valence-corrected chi connectivity index (χ4v) is 1.82.